The van der Waals surface area contributed by atoms with E-state index in [0.717, 1.165) is 15.8 Å². The first-order chi connectivity index (χ1) is 10.8. The molecule has 23 heavy (non-hydrogen) atoms. The van der Waals surface area contributed by atoms with E-state index in [0.29, 0.717) is 6.54 Å². The molecule has 0 bridgehead atoms. The zero-order valence-corrected chi connectivity index (χ0v) is 15.1. The Morgan fingerprint density at radius 1 is 1.26 bits per heavy atom. The van der Waals surface area contributed by atoms with Gasteiger partial charge in [-0.1, -0.05) is 0 Å². The van der Waals surface area contributed by atoms with Gasteiger partial charge in [0.1, 0.15) is 0 Å². The summed E-state index contributed by atoms with van der Waals surface area (Å²) in [5.41, 5.74) is 1.60. The third-order valence-corrected chi connectivity index (χ3v) is 5.27. The summed E-state index contributed by atoms with van der Waals surface area (Å²) in [4.78, 5) is 13.7. The molecule has 1 aromatic carbocycles. The van der Waals surface area contributed by atoms with E-state index in [-0.39, 0.29) is 24.0 Å². The molecule has 0 aliphatic carbocycles. The molecule has 0 radical (unpaired) electrons. The first-order valence-corrected chi connectivity index (χ1v) is 10.1. The van der Waals surface area contributed by atoms with E-state index in [1.165, 1.54) is 0 Å². The highest BCUT2D eigenvalue weighted by Crippen LogP contribution is 2.27. The lowest BCUT2D eigenvalue weighted by Crippen LogP contribution is -2.25. The van der Waals surface area contributed by atoms with Crippen LogP contribution in [0.4, 0.5) is 5.69 Å². The average molecular weight is 419 g/mol. The Morgan fingerprint density at radius 2 is 1.91 bits per heavy atom. The highest BCUT2D eigenvalue weighted by atomic mass is 79.9. The van der Waals surface area contributed by atoms with Crippen molar-refractivity contribution in [2.75, 3.05) is 17.2 Å². The monoisotopic (exact) mass is 417 g/mol. The van der Waals surface area contributed by atoms with Crippen LogP contribution in [0.2, 0.25) is 0 Å². The molecule has 1 unspecified atom stereocenters. The van der Waals surface area contributed by atoms with E-state index in [4.69, 9.17) is 10.7 Å². The number of carbonyl (C=O) groups is 1. The third kappa shape index (κ3) is 3.94. The van der Waals surface area contributed by atoms with Crippen molar-refractivity contribution in [2.45, 2.75) is 6.42 Å². The molecule has 0 N–H and O–H groups in total. The van der Waals surface area contributed by atoms with Crippen LogP contribution in [0.3, 0.4) is 0 Å². The number of halogens is 2. The second kappa shape index (κ2) is 6.26. The predicted octanol–water partition coefficient (Wildman–Crippen LogP) is 2.56. The quantitative estimate of drug-likeness (QED) is 0.715. The van der Waals surface area contributed by atoms with Gasteiger partial charge in [-0.15, -0.1) is 0 Å². The van der Waals surface area contributed by atoms with Crippen molar-refractivity contribution >= 4 is 47.3 Å². The Kier molecular flexibility index (Phi) is 4.48. The van der Waals surface area contributed by atoms with Crippen LogP contribution in [0.15, 0.2) is 41.1 Å². The molecule has 1 saturated heterocycles. The van der Waals surface area contributed by atoms with Crippen molar-refractivity contribution in [3.8, 4) is 5.69 Å². The fraction of sp³-hybridized carbons (Fsp3) is 0.286. The van der Waals surface area contributed by atoms with Gasteiger partial charge in [0, 0.05) is 41.5 Å². The number of rotatable bonds is 4. The van der Waals surface area contributed by atoms with Gasteiger partial charge < -0.3 is 4.90 Å². The number of benzene rings is 1. The van der Waals surface area contributed by atoms with Crippen LogP contribution in [-0.4, -0.2) is 36.4 Å². The summed E-state index contributed by atoms with van der Waals surface area (Å²) in [5.74, 6) is -0.549. The summed E-state index contributed by atoms with van der Waals surface area (Å²) < 4.78 is 24.9. The van der Waals surface area contributed by atoms with Gasteiger partial charge in [0.25, 0.3) is 0 Å². The number of anilines is 1. The van der Waals surface area contributed by atoms with Gasteiger partial charge in [-0.25, -0.2) is 13.1 Å². The molecule has 2 heterocycles. The number of nitrogens with zero attached hydrogens (tertiary/aromatic N) is 3. The molecule has 1 amide bonds. The number of hydrogen-bond donors (Lipinski definition) is 0. The standard InChI is InChI=1S/C14H13BrClN3O3S/c15-11-6-17-19(8-11)13-3-1-12(2-4-13)18-7-10(5-14(18)20)9-23(16,21)22/h1-4,6,8,10H,5,7,9H2. The molecule has 1 atom stereocenters. The van der Waals surface area contributed by atoms with E-state index in [1.54, 1.807) is 15.8 Å². The third-order valence-electron chi connectivity index (χ3n) is 3.62. The fourth-order valence-corrected chi connectivity index (χ4v) is 4.26. The van der Waals surface area contributed by atoms with Gasteiger partial charge in [0.15, 0.2) is 0 Å². The molecule has 1 aliphatic rings. The normalized spacial score (nSPS) is 18.6. The summed E-state index contributed by atoms with van der Waals surface area (Å²) in [6.45, 7) is 0.359. The van der Waals surface area contributed by atoms with E-state index < -0.39 is 9.05 Å². The zero-order chi connectivity index (χ0) is 16.6. The van der Waals surface area contributed by atoms with Crippen molar-refractivity contribution in [3.05, 3.63) is 41.1 Å². The minimum atomic E-state index is -3.60. The molecular weight excluding hydrogens is 406 g/mol. The number of aromatic nitrogens is 2. The summed E-state index contributed by atoms with van der Waals surface area (Å²) >= 11 is 3.34. The Labute approximate surface area is 146 Å². The van der Waals surface area contributed by atoms with E-state index in [2.05, 4.69) is 21.0 Å². The Bertz CT molecular complexity index is 835. The maximum atomic E-state index is 12.1. The summed E-state index contributed by atoms with van der Waals surface area (Å²) in [7, 11) is 1.67. The second-order valence-corrected chi connectivity index (χ2v) is 9.14. The van der Waals surface area contributed by atoms with Crippen LogP contribution >= 0.6 is 26.6 Å². The number of amides is 1. The van der Waals surface area contributed by atoms with Crippen molar-refractivity contribution in [1.82, 2.24) is 9.78 Å². The Hall–Kier alpha value is -1.38. The minimum absolute atomic E-state index is 0.0927. The van der Waals surface area contributed by atoms with Crippen LogP contribution in [0, 0.1) is 5.92 Å². The Balaban J connectivity index is 1.76. The first kappa shape index (κ1) is 16.5. The molecular formula is C14H13BrClN3O3S. The smallest absolute Gasteiger partial charge is 0.232 e. The van der Waals surface area contributed by atoms with E-state index in [1.807, 2.05) is 30.5 Å². The van der Waals surface area contributed by atoms with Crippen LogP contribution in [0.5, 0.6) is 0 Å². The molecule has 1 aliphatic heterocycles. The first-order valence-electron chi connectivity index (χ1n) is 6.85. The zero-order valence-electron chi connectivity index (χ0n) is 11.9. The molecule has 1 fully saturated rings. The highest BCUT2D eigenvalue weighted by molar-refractivity contribution is 9.10. The number of carbonyl (C=O) groups excluding carboxylic acids is 1. The van der Waals surface area contributed by atoms with Crippen LogP contribution < -0.4 is 4.90 Å². The molecule has 0 spiro atoms. The van der Waals surface area contributed by atoms with Crippen molar-refractivity contribution in [2.24, 2.45) is 5.92 Å². The van der Waals surface area contributed by atoms with Gasteiger partial charge in [0.05, 0.1) is 22.1 Å². The van der Waals surface area contributed by atoms with Gasteiger partial charge >= 0.3 is 0 Å². The van der Waals surface area contributed by atoms with Crippen molar-refractivity contribution in [1.29, 1.82) is 0 Å². The lowest BCUT2D eigenvalue weighted by atomic mass is 10.1. The summed E-state index contributed by atoms with van der Waals surface area (Å²) in [6, 6.07) is 7.35. The summed E-state index contributed by atoms with van der Waals surface area (Å²) in [6.07, 6.45) is 3.71. The molecule has 9 heteroatoms. The largest absolute Gasteiger partial charge is 0.312 e. The molecule has 122 valence electrons. The van der Waals surface area contributed by atoms with Gasteiger partial charge in [-0.3, -0.25) is 4.79 Å². The van der Waals surface area contributed by atoms with Gasteiger partial charge in [0.2, 0.25) is 15.0 Å². The topological polar surface area (TPSA) is 72.3 Å². The predicted molar refractivity (Wildman–Crippen MR) is 91.4 cm³/mol. The lowest BCUT2D eigenvalue weighted by Gasteiger charge is -2.17. The van der Waals surface area contributed by atoms with Crippen LogP contribution in [-0.2, 0) is 13.8 Å². The van der Waals surface area contributed by atoms with Crippen LogP contribution in [0.1, 0.15) is 6.42 Å². The lowest BCUT2D eigenvalue weighted by molar-refractivity contribution is -0.117. The molecule has 6 nitrogen and oxygen atoms in total. The van der Waals surface area contributed by atoms with E-state index >= 15 is 0 Å². The summed E-state index contributed by atoms with van der Waals surface area (Å²) in [5, 5.41) is 4.19. The van der Waals surface area contributed by atoms with Crippen molar-refractivity contribution < 1.29 is 13.2 Å². The maximum absolute atomic E-state index is 12.1. The molecule has 3 rings (SSSR count). The number of hydrogen-bond acceptors (Lipinski definition) is 4. The fourth-order valence-electron chi connectivity index (χ4n) is 2.65. The van der Waals surface area contributed by atoms with Gasteiger partial charge in [-0.05, 0) is 40.2 Å². The van der Waals surface area contributed by atoms with Crippen LogP contribution in [0.25, 0.3) is 5.69 Å². The molecule has 0 saturated carbocycles. The Morgan fingerprint density at radius 3 is 2.48 bits per heavy atom. The molecule has 2 aromatic rings. The van der Waals surface area contributed by atoms with E-state index in [9.17, 15) is 13.2 Å². The second-order valence-electron chi connectivity index (χ2n) is 5.40. The SMILES string of the molecule is O=C1CC(CS(=O)(=O)Cl)CN1c1ccc(-n2cc(Br)cn2)cc1. The maximum Gasteiger partial charge on any atom is 0.232 e. The minimum Gasteiger partial charge on any atom is -0.312 e. The highest BCUT2D eigenvalue weighted by Gasteiger charge is 2.33. The average Bonchev–Trinajstić information content (AvgIpc) is 3.03. The van der Waals surface area contributed by atoms with Gasteiger partial charge in [-0.2, -0.15) is 5.10 Å². The molecule has 1 aromatic heterocycles. The van der Waals surface area contributed by atoms with Crippen molar-refractivity contribution in [3.63, 3.8) is 0 Å².